The summed E-state index contributed by atoms with van der Waals surface area (Å²) in [5.74, 6) is -0.623. The van der Waals surface area contributed by atoms with Crippen LogP contribution in [0.4, 0.5) is 0 Å². The SMILES string of the molecule is O=C(NCC(=O)N1CCc2ccccc2C1)c1cc(=O)c2cc(Br)ccc2[nH]1. The van der Waals surface area contributed by atoms with Crippen molar-refractivity contribution in [2.75, 3.05) is 13.1 Å². The van der Waals surface area contributed by atoms with Gasteiger partial charge in [0, 0.05) is 34.5 Å². The predicted molar refractivity (Wildman–Crippen MR) is 110 cm³/mol. The molecule has 2 amide bonds. The molecule has 2 N–H and O–H groups in total. The van der Waals surface area contributed by atoms with Gasteiger partial charge in [-0.3, -0.25) is 14.4 Å². The van der Waals surface area contributed by atoms with Crippen LogP contribution >= 0.6 is 15.9 Å². The minimum atomic E-state index is -0.479. The molecule has 0 bridgehead atoms. The average Bonchev–Trinajstić information content (AvgIpc) is 2.71. The molecule has 0 fully saturated rings. The third-order valence-corrected chi connectivity index (χ3v) is 5.41. The van der Waals surface area contributed by atoms with Gasteiger partial charge in [-0.25, -0.2) is 0 Å². The quantitative estimate of drug-likeness (QED) is 0.657. The molecule has 2 heterocycles. The summed E-state index contributed by atoms with van der Waals surface area (Å²) < 4.78 is 0.788. The lowest BCUT2D eigenvalue weighted by Gasteiger charge is -2.29. The third kappa shape index (κ3) is 3.71. The van der Waals surface area contributed by atoms with Gasteiger partial charge in [-0.2, -0.15) is 0 Å². The van der Waals surface area contributed by atoms with E-state index < -0.39 is 5.91 Å². The van der Waals surface area contributed by atoms with Crippen LogP contribution in [0.2, 0.25) is 0 Å². The number of aromatic nitrogens is 1. The second kappa shape index (κ2) is 7.59. The van der Waals surface area contributed by atoms with Crippen molar-refractivity contribution in [1.29, 1.82) is 0 Å². The van der Waals surface area contributed by atoms with Crippen molar-refractivity contribution in [3.8, 4) is 0 Å². The van der Waals surface area contributed by atoms with Crippen molar-refractivity contribution in [3.63, 3.8) is 0 Å². The van der Waals surface area contributed by atoms with Gasteiger partial charge in [0.2, 0.25) is 5.91 Å². The first-order valence-electron chi connectivity index (χ1n) is 8.96. The summed E-state index contributed by atoms with van der Waals surface area (Å²) in [7, 11) is 0. The Balaban J connectivity index is 1.43. The topological polar surface area (TPSA) is 82.3 Å². The summed E-state index contributed by atoms with van der Waals surface area (Å²) >= 11 is 3.33. The summed E-state index contributed by atoms with van der Waals surface area (Å²) in [6.07, 6.45) is 0.809. The molecule has 0 saturated carbocycles. The van der Waals surface area contributed by atoms with Crippen LogP contribution in [-0.2, 0) is 17.8 Å². The average molecular weight is 440 g/mol. The molecule has 0 unspecified atom stereocenters. The van der Waals surface area contributed by atoms with Gasteiger partial charge in [0.25, 0.3) is 5.91 Å². The van der Waals surface area contributed by atoms with Crippen LogP contribution in [0, 0.1) is 0 Å². The van der Waals surface area contributed by atoms with Crippen LogP contribution in [0.3, 0.4) is 0 Å². The fraction of sp³-hybridized carbons (Fsp3) is 0.190. The number of nitrogens with zero attached hydrogens (tertiary/aromatic N) is 1. The Labute approximate surface area is 169 Å². The number of nitrogens with one attached hydrogen (secondary N) is 2. The molecule has 28 heavy (non-hydrogen) atoms. The highest BCUT2D eigenvalue weighted by atomic mass is 79.9. The molecule has 0 spiro atoms. The van der Waals surface area contributed by atoms with Crippen molar-refractivity contribution >= 4 is 38.6 Å². The van der Waals surface area contributed by atoms with Crippen molar-refractivity contribution in [1.82, 2.24) is 15.2 Å². The first-order chi connectivity index (χ1) is 13.5. The number of benzene rings is 2. The summed E-state index contributed by atoms with van der Waals surface area (Å²) in [6.45, 7) is 1.07. The second-order valence-corrected chi connectivity index (χ2v) is 7.67. The number of hydrogen-bond acceptors (Lipinski definition) is 3. The Morgan fingerprint density at radius 2 is 1.89 bits per heavy atom. The largest absolute Gasteiger partial charge is 0.350 e. The van der Waals surface area contributed by atoms with E-state index in [1.807, 2.05) is 18.2 Å². The predicted octanol–water partition coefficient (Wildman–Crippen LogP) is 2.61. The molecule has 0 radical (unpaired) electrons. The molecule has 0 aliphatic carbocycles. The van der Waals surface area contributed by atoms with Crippen molar-refractivity contribution < 1.29 is 9.59 Å². The van der Waals surface area contributed by atoms with Gasteiger partial charge in [-0.15, -0.1) is 0 Å². The molecular weight excluding hydrogens is 422 g/mol. The maximum absolute atomic E-state index is 12.5. The lowest BCUT2D eigenvalue weighted by molar-refractivity contribution is -0.131. The van der Waals surface area contributed by atoms with Gasteiger partial charge in [0.15, 0.2) is 5.43 Å². The molecular formula is C21H18BrN3O3. The van der Waals surface area contributed by atoms with E-state index in [0.717, 1.165) is 16.5 Å². The Morgan fingerprint density at radius 1 is 1.11 bits per heavy atom. The first-order valence-corrected chi connectivity index (χ1v) is 9.76. The van der Waals surface area contributed by atoms with E-state index in [4.69, 9.17) is 0 Å². The Hall–Kier alpha value is -2.93. The number of H-pyrrole nitrogens is 1. The summed E-state index contributed by atoms with van der Waals surface area (Å²) in [5.41, 5.74) is 2.85. The molecule has 4 rings (SSSR count). The summed E-state index contributed by atoms with van der Waals surface area (Å²) in [6, 6.07) is 14.5. The maximum Gasteiger partial charge on any atom is 0.268 e. The number of pyridine rings is 1. The maximum atomic E-state index is 12.5. The highest BCUT2D eigenvalue weighted by Gasteiger charge is 2.21. The zero-order valence-electron chi connectivity index (χ0n) is 15.0. The van der Waals surface area contributed by atoms with E-state index >= 15 is 0 Å². The highest BCUT2D eigenvalue weighted by Crippen LogP contribution is 2.18. The molecule has 1 aromatic heterocycles. The number of amides is 2. The van der Waals surface area contributed by atoms with Gasteiger partial charge < -0.3 is 15.2 Å². The molecule has 2 aromatic carbocycles. The number of halogens is 1. The zero-order chi connectivity index (χ0) is 19.7. The number of aromatic amines is 1. The fourth-order valence-electron chi connectivity index (χ4n) is 3.41. The minimum Gasteiger partial charge on any atom is -0.350 e. The van der Waals surface area contributed by atoms with Crippen LogP contribution in [0.1, 0.15) is 21.6 Å². The first kappa shape index (κ1) is 18.4. The number of carbonyl (C=O) groups is 2. The Bertz CT molecular complexity index is 1140. The van der Waals surface area contributed by atoms with E-state index in [9.17, 15) is 14.4 Å². The van der Waals surface area contributed by atoms with E-state index in [1.54, 1.807) is 23.1 Å². The van der Waals surface area contributed by atoms with Crippen molar-refractivity contribution in [2.45, 2.75) is 13.0 Å². The van der Waals surface area contributed by atoms with Gasteiger partial charge in [0.05, 0.1) is 6.54 Å². The summed E-state index contributed by atoms with van der Waals surface area (Å²) in [5, 5.41) is 3.11. The van der Waals surface area contributed by atoms with Crippen LogP contribution in [0.5, 0.6) is 0 Å². The number of rotatable bonds is 3. The Morgan fingerprint density at radius 3 is 2.71 bits per heavy atom. The fourth-order valence-corrected chi connectivity index (χ4v) is 3.77. The van der Waals surface area contributed by atoms with E-state index in [2.05, 4.69) is 32.3 Å². The van der Waals surface area contributed by atoms with Gasteiger partial charge >= 0.3 is 0 Å². The zero-order valence-corrected chi connectivity index (χ0v) is 16.6. The molecule has 0 saturated heterocycles. The van der Waals surface area contributed by atoms with Crippen LogP contribution in [0.15, 0.2) is 57.8 Å². The summed E-state index contributed by atoms with van der Waals surface area (Å²) in [4.78, 5) is 41.9. The van der Waals surface area contributed by atoms with Crippen molar-refractivity contribution in [3.05, 3.63) is 80.0 Å². The van der Waals surface area contributed by atoms with Gasteiger partial charge in [-0.05, 0) is 35.7 Å². The van der Waals surface area contributed by atoms with E-state index in [0.29, 0.717) is 24.0 Å². The molecule has 3 aromatic rings. The number of hydrogen-bond donors (Lipinski definition) is 2. The molecule has 142 valence electrons. The minimum absolute atomic E-state index is 0.110. The Kier molecular flexibility index (Phi) is 5.00. The van der Waals surface area contributed by atoms with Crippen LogP contribution in [-0.4, -0.2) is 34.8 Å². The van der Waals surface area contributed by atoms with Crippen molar-refractivity contribution in [2.24, 2.45) is 0 Å². The number of carbonyl (C=O) groups excluding carboxylic acids is 2. The molecule has 0 atom stereocenters. The van der Waals surface area contributed by atoms with Crippen LogP contribution < -0.4 is 10.7 Å². The standard InChI is InChI=1S/C21H18BrN3O3/c22-15-5-6-17-16(9-15)19(26)10-18(24-17)21(28)23-11-20(27)25-8-7-13-3-1-2-4-14(13)12-25/h1-6,9-10H,7-8,11-12H2,(H,23,28)(H,24,26). The molecule has 7 heteroatoms. The number of fused-ring (bicyclic) bond motifs is 2. The van der Waals surface area contributed by atoms with Crippen LogP contribution in [0.25, 0.3) is 10.9 Å². The van der Waals surface area contributed by atoms with Gasteiger partial charge in [0.1, 0.15) is 5.69 Å². The lowest BCUT2D eigenvalue weighted by Crippen LogP contribution is -2.42. The second-order valence-electron chi connectivity index (χ2n) is 6.75. The lowest BCUT2D eigenvalue weighted by atomic mass is 10.00. The van der Waals surface area contributed by atoms with E-state index in [1.165, 1.54) is 11.6 Å². The van der Waals surface area contributed by atoms with Gasteiger partial charge in [-0.1, -0.05) is 40.2 Å². The molecule has 1 aliphatic rings. The smallest absolute Gasteiger partial charge is 0.268 e. The monoisotopic (exact) mass is 439 g/mol. The molecule has 6 nitrogen and oxygen atoms in total. The normalized spacial score (nSPS) is 13.2. The third-order valence-electron chi connectivity index (χ3n) is 4.92. The highest BCUT2D eigenvalue weighted by molar-refractivity contribution is 9.10. The van der Waals surface area contributed by atoms with E-state index in [-0.39, 0.29) is 23.6 Å². The molecule has 1 aliphatic heterocycles.